The van der Waals surface area contributed by atoms with Gasteiger partial charge in [0.05, 0.1) is 0 Å². The third-order valence-corrected chi connectivity index (χ3v) is 9.00. The number of carbonyl (C=O) groups is 1. The van der Waals surface area contributed by atoms with Crippen LogP contribution in [0.5, 0.6) is 0 Å². The van der Waals surface area contributed by atoms with Crippen LogP contribution < -0.4 is 0 Å². The maximum Gasteiger partial charge on any atom is 0.302 e. The summed E-state index contributed by atoms with van der Waals surface area (Å²) in [4.78, 5) is 16.4. The van der Waals surface area contributed by atoms with Gasteiger partial charge >= 0.3 is 5.97 Å². The highest BCUT2D eigenvalue weighted by Crippen LogP contribution is 2.72. The molecule has 2 bridgehead atoms. The van der Waals surface area contributed by atoms with E-state index in [1.807, 2.05) is 0 Å². The minimum absolute atomic E-state index is 0.138. The maximum atomic E-state index is 11.3. The number of aliphatic hydroxyl groups is 1. The van der Waals surface area contributed by atoms with Crippen molar-refractivity contribution in [2.45, 2.75) is 89.8 Å². The number of carbonyl (C=O) groups excluding carboxylic acids is 1. The average molecular weight is 366 g/mol. The van der Waals surface area contributed by atoms with Crippen LogP contribution in [0.2, 0.25) is 0 Å². The quantitative estimate of drug-likeness (QED) is 0.449. The van der Waals surface area contributed by atoms with E-state index in [1.165, 1.54) is 13.3 Å². The summed E-state index contributed by atoms with van der Waals surface area (Å²) < 4.78 is 5.25. The summed E-state index contributed by atoms with van der Waals surface area (Å²) in [5.41, 5.74) is -1.02. The lowest BCUT2D eigenvalue weighted by molar-refractivity contribution is -0.359. The molecular formula is C21H34O5. The number of esters is 1. The van der Waals surface area contributed by atoms with Crippen molar-refractivity contribution < 1.29 is 24.8 Å². The van der Waals surface area contributed by atoms with Crippen molar-refractivity contribution in [3.63, 3.8) is 0 Å². The second kappa shape index (κ2) is 5.92. The van der Waals surface area contributed by atoms with Crippen LogP contribution in [0.25, 0.3) is 0 Å². The fourth-order valence-corrected chi connectivity index (χ4v) is 8.07. The highest BCUT2D eigenvalue weighted by Gasteiger charge is 2.68. The monoisotopic (exact) mass is 366 g/mol. The minimum atomic E-state index is -0.866. The molecule has 4 saturated carbocycles. The van der Waals surface area contributed by atoms with E-state index in [4.69, 9.17) is 9.62 Å². The van der Waals surface area contributed by atoms with E-state index in [1.54, 1.807) is 0 Å². The number of hydrogen-bond donors (Lipinski definition) is 2. The van der Waals surface area contributed by atoms with Crippen LogP contribution >= 0.6 is 0 Å². The topological polar surface area (TPSA) is 76.0 Å². The first-order valence-corrected chi connectivity index (χ1v) is 10.4. The zero-order valence-electron chi connectivity index (χ0n) is 16.4. The van der Waals surface area contributed by atoms with E-state index in [2.05, 4.69) is 13.8 Å². The van der Waals surface area contributed by atoms with Gasteiger partial charge in [-0.05, 0) is 93.3 Å². The van der Waals surface area contributed by atoms with Crippen molar-refractivity contribution in [2.24, 2.45) is 28.6 Å². The van der Waals surface area contributed by atoms with Gasteiger partial charge in [0.15, 0.2) is 0 Å². The molecule has 0 aromatic heterocycles. The Kier molecular flexibility index (Phi) is 4.26. The lowest BCUT2D eigenvalue weighted by Gasteiger charge is -2.63. The van der Waals surface area contributed by atoms with E-state index in [0.29, 0.717) is 11.8 Å². The fourth-order valence-electron chi connectivity index (χ4n) is 8.07. The van der Waals surface area contributed by atoms with Gasteiger partial charge in [-0.25, -0.2) is 4.89 Å². The van der Waals surface area contributed by atoms with Gasteiger partial charge in [-0.3, -0.25) is 10.1 Å². The highest BCUT2D eigenvalue weighted by atomic mass is 17.1. The van der Waals surface area contributed by atoms with Crippen LogP contribution in [-0.2, 0) is 14.4 Å². The molecule has 4 aliphatic rings. The van der Waals surface area contributed by atoms with Crippen LogP contribution in [0.3, 0.4) is 0 Å². The summed E-state index contributed by atoms with van der Waals surface area (Å²) in [6, 6.07) is 0. The molecule has 0 aromatic carbocycles. The van der Waals surface area contributed by atoms with Gasteiger partial charge in [0.25, 0.3) is 0 Å². The summed E-state index contributed by atoms with van der Waals surface area (Å²) >= 11 is 0. The summed E-state index contributed by atoms with van der Waals surface area (Å²) in [6.07, 6.45) is 9.23. The average Bonchev–Trinajstić information content (AvgIpc) is 2.79. The van der Waals surface area contributed by atoms with Crippen molar-refractivity contribution in [1.29, 1.82) is 0 Å². The molecule has 7 atom stereocenters. The van der Waals surface area contributed by atoms with Gasteiger partial charge in [-0.1, -0.05) is 6.92 Å². The third kappa shape index (κ3) is 2.50. The number of hydrogen-bond acceptors (Lipinski definition) is 5. The van der Waals surface area contributed by atoms with Crippen LogP contribution in [0, 0.1) is 28.6 Å². The van der Waals surface area contributed by atoms with Crippen LogP contribution in [0.4, 0.5) is 0 Å². The molecule has 0 amide bonds. The number of rotatable bonds is 3. The molecule has 26 heavy (non-hydrogen) atoms. The first-order valence-electron chi connectivity index (χ1n) is 10.4. The Labute approximate surface area is 156 Å². The van der Waals surface area contributed by atoms with E-state index >= 15 is 0 Å². The van der Waals surface area contributed by atoms with Gasteiger partial charge in [0, 0.05) is 6.92 Å². The standard InChI is InChI=1S/C21H34O5/c1-14(22)25-13-21(23)12-20-10-7-16-18(2,8-4-9-19(16,3)26-24)17(20)6-5-15(21)11-20/h15-17,23-24H,4-13H2,1-3H3/t15-,16+,17-,18-,19+,20+,21-/m1/s1. The molecule has 0 aromatic rings. The fraction of sp³-hybridized carbons (Fsp3) is 0.952. The normalized spacial score (nSPS) is 52.9. The molecule has 0 heterocycles. The Bertz CT molecular complexity index is 593. The summed E-state index contributed by atoms with van der Waals surface area (Å²) in [6.45, 7) is 6.03. The summed E-state index contributed by atoms with van der Waals surface area (Å²) in [7, 11) is 0. The lowest BCUT2D eigenvalue weighted by Crippen LogP contribution is -2.59. The minimum Gasteiger partial charge on any atom is -0.463 e. The molecule has 0 aliphatic heterocycles. The van der Waals surface area contributed by atoms with Gasteiger partial charge < -0.3 is 9.84 Å². The van der Waals surface area contributed by atoms with Crippen LogP contribution in [-0.4, -0.2) is 34.1 Å². The molecule has 0 radical (unpaired) electrons. The van der Waals surface area contributed by atoms with Crippen LogP contribution in [0.1, 0.15) is 78.6 Å². The Hall–Kier alpha value is -0.650. The van der Waals surface area contributed by atoms with E-state index in [-0.39, 0.29) is 29.3 Å². The van der Waals surface area contributed by atoms with Crippen molar-refractivity contribution in [1.82, 2.24) is 0 Å². The molecular weight excluding hydrogens is 332 g/mol. The molecule has 4 fully saturated rings. The molecule has 4 rings (SSSR count). The number of ether oxygens (including phenoxy) is 1. The molecule has 0 saturated heterocycles. The van der Waals surface area contributed by atoms with Gasteiger partial charge in [-0.15, -0.1) is 0 Å². The first kappa shape index (κ1) is 18.7. The molecule has 0 unspecified atom stereocenters. The van der Waals surface area contributed by atoms with E-state index < -0.39 is 11.2 Å². The Morgan fingerprint density at radius 1 is 1.12 bits per heavy atom. The Balaban J connectivity index is 1.63. The Morgan fingerprint density at radius 2 is 1.88 bits per heavy atom. The smallest absolute Gasteiger partial charge is 0.302 e. The zero-order chi connectivity index (χ0) is 18.8. The SMILES string of the molecule is CC(=O)OC[C@]1(O)C[C@@]23CC[C@H]4[C@@](C)(CCC[C@]4(C)OO)[C@H]2CC[C@@H]1C3. The molecule has 5 nitrogen and oxygen atoms in total. The van der Waals surface area contributed by atoms with Crippen molar-refractivity contribution in [3.05, 3.63) is 0 Å². The number of fused-ring (bicyclic) bond motifs is 3. The van der Waals surface area contributed by atoms with Crippen molar-refractivity contribution >= 4 is 5.97 Å². The molecule has 1 spiro atoms. The van der Waals surface area contributed by atoms with Gasteiger partial charge in [0.2, 0.25) is 0 Å². The molecule has 2 N–H and O–H groups in total. The Morgan fingerprint density at radius 3 is 2.58 bits per heavy atom. The summed E-state index contributed by atoms with van der Waals surface area (Å²) in [5, 5.41) is 21.0. The van der Waals surface area contributed by atoms with E-state index in [0.717, 1.165) is 51.4 Å². The largest absolute Gasteiger partial charge is 0.463 e. The predicted octanol–water partition coefficient (Wildman–Crippen LogP) is 3.94. The van der Waals surface area contributed by atoms with Crippen molar-refractivity contribution in [3.8, 4) is 0 Å². The first-order chi connectivity index (χ1) is 12.2. The maximum absolute atomic E-state index is 11.3. The van der Waals surface area contributed by atoms with Crippen LogP contribution in [0.15, 0.2) is 0 Å². The second-order valence-electron chi connectivity index (χ2n) is 10.3. The lowest BCUT2D eigenvalue weighted by atomic mass is 9.43. The molecule has 4 aliphatic carbocycles. The summed E-state index contributed by atoms with van der Waals surface area (Å²) in [5.74, 6) is 0.837. The van der Waals surface area contributed by atoms with Crippen molar-refractivity contribution in [2.75, 3.05) is 6.61 Å². The zero-order valence-corrected chi connectivity index (χ0v) is 16.4. The van der Waals surface area contributed by atoms with E-state index in [9.17, 15) is 15.2 Å². The van der Waals surface area contributed by atoms with Gasteiger partial charge in [-0.2, -0.15) is 0 Å². The molecule has 148 valence electrons. The second-order valence-corrected chi connectivity index (χ2v) is 10.3. The molecule has 5 heteroatoms. The third-order valence-electron chi connectivity index (χ3n) is 9.00. The van der Waals surface area contributed by atoms with Gasteiger partial charge in [0.1, 0.15) is 17.8 Å². The predicted molar refractivity (Wildman–Crippen MR) is 96.3 cm³/mol. The highest BCUT2D eigenvalue weighted by molar-refractivity contribution is 5.66.